The zero-order chi connectivity index (χ0) is 21.8. The number of sulfonamides is 1. The Bertz CT molecular complexity index is 993. The maximum Gasteiger partial charge on any atom is 0.416 e. The molecule has 158 valence electrons. The molecule has 0 saturated carbocycles. The average molecular weight is 450 g/mol. The number of anilines is 2. The number of amides is 2. The first-order valence-electron chi connectivity index (χ1n) is 8.54. The van der Waals surface area contributed by atoms with E-state index >= 15 is 0 Å². The van der Waals surface area contributed by atoms with Gasteiger partial charge in [0.15, 0.2) is 0 Å². The quantitative estimate of drug-likeness (QED) is 0.649. The molecule has 0 atom stereocenters. The minimum absolute atomic E-state index is 0.00405. The van der Waals surface area contributed by atoms with Crippen LogP contribution in [0.3, 0.4) is 0 Å². The van der Waals surface area contributed by atoms with E-state index in [-0.39, 0.29) is 34.4 Å². The molecule has 0 fully saturated rings. The molecule has 0 aromatic heterocycles. The fourth-order valence-electron chi connectivity index (χ4n) is 2.53. The Morgan fingerprint density at radius 3 is 2.31 bits per heavy atom. The van der Waals surface area contributed by atoms with Gasteiger partial charge in [0.2, 0.25) is 10.0 Å². The van der Waals surface area contributed by atoms with Crippen molar-refractivity contribution in [1.29, 1.82) is 0 Å². The lowest BCUT2D eigenvalue weighted by atomic mass is 10.2. The van der Waals surface area contributed by atoms with Crippen LogP contribution in [0.5, 0.6) is 0 Å². The average Bonchev–Trinajstić information content (AvgIpc) is 2.63. The molecule has 0 spiro atoms. The van der Waals surface area contributed by atoms with Gasteiger partial charge in [-0.2, -0.15) is 17.5 Å². The zero-order valence-electron chi connectivity index (χ0n) is 15.5. The van der Waals surface area contributed by atoms with Crippen molar-refractivity contribution in [3.05, 3.63) is 53.1 Å². The van der Waals surface area contributed by atoms with Gasteiger partial charge in [-0.25, -0.2) is 13.2 Å². The number of hydrogen-bond donors (Lipinski definition) is 2. The van der Waals surface area contributed by atoms with Crippen molar-refractivity contribution >= 4 is 39.0 Å². The monoisotopic (exact) mass is 449 g/mol. The molecular weight excluding hydrogens is 431 g/mol. The molecule has 6 nitrogen and oxygen atoms in total. The molecule has 0 aliphatic heterocycles. The molecule has 2 amide bonds. The summed E-state index contributed by atoms with van der Waals surface area (Å²) in [6.45, 7) is 3.91. The van der Waals surface area contributed by atoms with Crippen molar-refractivity contribution in [2.45, 2.75) is 24.9 Å². The number of halogens is 4. The zero-order valence-corrected chi connectivity index (χ0v) is 17.1. The van der Waals surface area contributed by atoms with E-state index in [2.05, 4.69) is 10.6 Å². The summed E-state index contributed by atoms with van der Waals surface area (Å²) in [6.07, 6.45) is -4.55. The van der Waals surface area contributed by atoms with Gasteiger partial charge in [0, 0.05) is 18.8 Å². The molecule has 0 bridgehead atoms. The van der Waals surface area contributed by atoms with Crippen LogP contribution in [-0.2, 0) is 16.2 Å². The molecule has 0 aliphatic rings. The van der Waals surface area contributed by atoms with Crippen molar-refractivity contribution in [2.24, 2.45) is 0 Å². The summed E-state index contributed by atoms with van der Waals surface area (Å²) < 4.78 is 64.8. The van der Waals surface area contributed by atoms with Crippen LogP contribution in [0, 0.1) is 0 Å². The van der Waals surface area contributed by atoms with E-state index in [1.807, 2.05) is 0 Å². The number of nitrogens with zero attached hydrogens (tertiary/aromatic N) is 1. The molecule has 0 unspecified atom stereocenters. The summed E-state index contributed by atoms with van der Waals surface area (Å²) in [6, 6.07) is 7.05. The standard InChI is InChI=1S/C18H19ClF3N3O3S/c1-3-25(4-2)29(27,28)14-8-9-15(19)16(11-14)24-17(26)23-13-7-5-6-12(10-13)18(20,21)22/h5-11H,3-4H2,1-2H3,(H2,23,24,26). The Morgan fingerprint density at radius 2 is 1.72 bits per heavy atom. The molecule has 0 aliphatic carbocycles. The van der Waals surface area contributed by atoms with Gasteiger partial charge in [-0.15, -0.1) is 0 Å². The lowest BCUT2D eigenvalue weighted by Gasteiger charge is -2.19. The molecule has 0 radical (unpaired) electrons. The van der Waals surface area contributed by atoms with Gasteiger partial charge >= 0.3 is 12.2 Å². The minimum atomic E-state index is -4.55. The summed E-state index contributed by atoms with van der Waals surface area (Å²) in [5, 5.41) is 4.69. The maximum atomic E-state index is 12.8. The fraction of sp³-hybridized carbons (Fsp3) is 0.278. The van der Waals surface area contributed by atoms with Crippen LogP contribution in [0.15, 0.2) is 47.4 Å². The second-order valence-corrected chi connectivity index (χ2v) is 8.23. The SMILES string of the molecule is CCN(CC)S(=O)(=O)c1ccc(Cl)c(NC(=O)Nc2cccc(C(F)(F)F)c2)c1. The molecule has 29 heavy (non-hydrogen) atoms. The fourth-order valence-corrected chi connectivity index (χ4v) is 4.18. The van der Waals surface area contributed by atoms with Gasteiger partial charge in [-0.05, 0) is 36.4 Å². The van der Waals surface area contributed by atoms with Crippen LogP contribution >= 0.6 is 11.6 Å². The second kappa shape index (κ2) is 9.02. The van der Waals surface area contributed by atoms with Crippen LogP contribution in [0.1, 0.15) is 19.4 Å². The summed E-state index contributed by atoms with van der Waals surface area (Å²) in [4.78, 5) is 12.1. The van der Waals surface area contributed by atoms with Gasteiger partial charge in [0.1, 0.15) is 0 Å². The topological polar surface area (TPSA) is 78.5 Å². The Kier molecular flexibility index (Phi) is 7.15. The first-order chi connectivity index (χ1) is 13.5. The van der Waals surface area contributed by atoms with Gasteiger partial charge in [0.25, 0.3) is 0 Å². The van der Waals surface area contributed by atoms with Gasteiger partial charge in [-0.1, -0.05) is 31.5 Å². The Balaban J connectivity index is 2.23. The van der Waals surface area contributed by atoms with E-state index in [1.54, 1.807) is 13.8 Å². The van der Waals surface area contributed by atoms with Gasteiger partial charge in [-0.3, -0.25) is 0 Å². The molecule has 2 N–H and O–H groups in total. The van der Waals surface area contributed by atoms with Crippen LogP contribution in [0.25, 0.3) is 0 Å². The number of benzene rings is 2. The number of hydrogen-bond acceptors (Lipinski definition) is 3. The Morgan fingerprint density at radius 1 is 1.07 bits per heavy atom. The number of rotatable bonds is 6. The molecule has 2 rings (SSSR count). The van der Waals surface area contributed by atoms with Crippen molar-refractivity contribution < 1.29 is 26.4 Å². The van der Waals surface area contributed by atoms with E-state index in [9.17, 15) is 26.4 Å². The lowest BCUT2D eigenvalue weighted by Crippen LogP contribution is -2.30. The van der Waals surface area contributed by atoms with Crippen molar-refractivity contribution in [2.75, 3.05) is 23.7 Å². The van der Waals surface area contributed by atoms with Crippen LogP contribution in [-0.4, -0.2) is 31.8 Å². The van der Waals surface area contributed by atoms with E-state index in [1.165, 1.54) is 28.6 Å². The first-order valence-corrected chi connectivity index (χ1v) is 10.4. The molecule has 2 aromatic rings. The third-order valence-electron chi connectivity index (χ3n) is 3.98. The predicted octanol–water partition coefficient (Wildman–Crippen LogP) is 5.03. The molecule has 2 aromatic carbocycles. The smallest absolute Gasteiger partial charge is 0.308 e. The van der Waals surface area contributed by atoms with Gasteiger partial charge in [0.05, 0.1) is 21.2 Å². The van der Waals surface area contributed by atoms with Gasteiger partial charge < -0.3 is 10.6 Å². The highest BCUT2D eigenvalue weighted by Crippen LogP contribution is 2.31. The van der Waals surface area contributed by atoms with Crippen LogP contribution < -0.4 is 10.6 Å². The minimum Gasteiger partial charge on any atom is -0.308 e. The largest absolute Gasteiger partial charge is 0.416 e. The first kappa shape index (κ1) is 23.0. The molecule has 0 saturated heterocycles. The highest BCUT2D eigenvalue weighted by atomic mass is 35.5. The number of nitrogens with one attached hydrogen (secondary N) is 2. The highest BCUT2D eigenvalue weighted by molar-refractivity contribution is 7.89. The summed E-state index contributed by atoms with van der Waals surface area (Å²) in [5.74, 6) is 0. The summed E-state index contributed by atoms with van der Waals surface area (Å²) >= 11 is 6.03. The number of urea groups is 1. The van der Waals surface area contributed by atoms with Crippen LogP contribution in [0.2, 0.25) is 5.02 Å². The Hall–Kier alpha value is -2.30. The van der Waals surface area contributed by atoms with Crippen molar-refractivity contribution in [3.63, 3.8) is 0 Å². The second-order valence-electron chi connectivity index (χ2n) is 5.89. The Labute approximate surface area is 171 Å². The summed E-state index contributed by atoms with van der Waals surface area (Å²) in [7, 11) is -3.78. The normalized spacial score (nSPS) is 12.1. The summed E-state index contributed by atoms with van der Waals surface area (Å²) in [5.41, 5.74) is -0.995. The third-order valence-corrected chi connectivity index (χ3v) is 6.35. The molecule has 0 heterocycles. The van der Waals surface area contributed by atoms with E-state index < -0.39 is 27.8 Å². The highest BCUT2D eigenvalue weighted by Gasteiger charge is 2.30. The molecular formula is C18H19ClF3N3O3S. The number of alkyl halides is 3. The van der Waals surface area contributed by atoms with Crippen molar-refractivity contribution in [3.8, 4) is 0 Å². The molecule has 11 heteroatoms. The third kappa shape index (κ3) is 5.62. The van der Waals surface area contributed by atoms with E-state index in [4.69, 9.17) is 11.6 Å². The number of carbonyl (C=O) groups excluding carboxylic acids is 1. The predicted molar refractivity (Wildman–Crippen MR) is 106 cm³/mol. The van der Waals surface area contributed by atoms with E-state index in [0.717, 1.165) is 18.2 Å². The number of carbonyl (C=O) groups is 1. The lowest BCUT2D eigenvalue weighted by molar-refractivity contribution is -0.137. The van der Waals surface area contributed by atoms with Crippen molar-refractivity contribution in [1.82, 2.24) is 4.31 Å². The maximum absolute atomic E-state index is 12.8. The van der Waals surface area contributed by atoms with E-state index in [0.29, 0.717) is 0 Å². The van der Waals surface area contributed by atoms with Crippen LogP contribution in [0.4, 0.5) is 29.3 Å².